The fourth-order valence-corrected chi connectivity index (χ4v) is 7.60. The van der Waals surface area contributed by atoms with Crippen LogP contribution in [0.5, 0.6) is 0 Å². The number of aromatic nitrogens is 1. The van der Waals surface area contributed by atoms with Crippen LogP contribution < -0.4 is 0 Å². The van der Waals surface area contributed by atoms with Crippen molar-refractivity contribution in [3.05, 3.63) is 30.1 Å². The number of carbonyl (C=O) groups is 3. The topological polar surface area (TPSA) is 163 Å². The number of fused-ring (bicyclic) bond motifs is 2. The highest BCUT2D eigenvalue weighted by molar-refractivity contribution is 6.06. The maximum absolute atomic E-state index is 14.5. The molecule has 3 heterocycles. The fraction of sp³-hybridized carbons (Fsp3) is 0.692. The molecule has 3 bridgehead atoms. The molecule has 0 amide bonds. The van der Waals surface area contributed by atoms with Gasteiger partial charge in [-0.15, -0.1) is 0 Å². The summed E-state index contributed by atoms with van der Waals surface area (Å²) >= 11 is 0. The van der Waals surface area contributed by atoms with Crippen molar-refractivity contribution in [3.8, 4) is 0 Å². The van der Waals surface area contributed by atoms with Gasteiger partial charge in [0.15, 0.2) is 29.1 Å². The zero-order valence-electron chi connectivity index (χ0n) is 21.0. The van der Waals surface area contributed by atoms with Gasteiger partial charge in [0.1, 0.15) is 16.6 Å². The van der Waals surface area contributed by atoms with Crippen molar-refractivity contribution in [2.75, 3.05) is 0 Å². The van der Waals surface area contributed by atoms with Crippen molar-refractivity contribution in [2.45, 2.75) is 88.7 Å². The van der Waals surface area contributed by atoms with E-state index in [4.69, 9.17) is 9.47 Å². The predicted molar refractivity (Wildman–Crippen MR) is 122 cm³/mol. The van der Waals surface area contributed by atoms with Crippen molar-refractivity contribution < 1.29 is 44.3 Å². The molecule has 0 aromatic carbocycles. The van der Waals surface area contributed by atoms with Crippen LogP contribution in [0.1, 0.15) is 64.2 Å². The summed E-state index contributed by atoms with van der Waals surface area (Å²) in [5.41, 5.74) is -11.2. The summed E-state index contributed by atoms with van der Waals surface area (Å²) in [6.07, 6.45) is -1.11. The van der Waals surface area contributed by atoms with E-state index < -0.39 is 81.4 Å². The lowest BCUT2D eigenvalue weighted by atomic mass is 9.48. The first-order valence-corrected chi connectivity index (χ1v) is 12.3. The van der Waals surface area contributed by atoms with Gasteiger partial charge < -0.3 is 29.9 Å². The normalized spacial score (nSPS) is 49.7. The monoisotopic (exact) mass is 503 g/mol. The second kappa shape index (κ2) is 7.20. The van der Waals surface area contributed by atoms with E-state index in [0.717, 1.165) is 0 Å². The number of aliphatic hydroxyl groups is 4. The smallest absolute Gasteiger partial charge is 0.340 e. The Bertz CT molecular complexity index is 1160. The number of hydrogen-bond donors (Lipinski definition) is 4. The van der Waals surface area contributed by atoms with Crippen LogP contribution in [-0.4, -0.2) is 77.7 Å². The third-order valence-corrected chi connectivity index (χ3v) is 9.92. The molecule has 2 aliphatic heterocycles. The van der Waals surface area contributed by atoms with E-state index in [1.54, 1.807) is 20.8 Å². The van der Waals surface area contributed by atoms with Crippen LogP contribution in [0.2, 0.25) is 0 Å². The van der Waals surface area contributed by atoms with Crippen molar-refractivity contribution >= 4 is 17.5 Å². The molecule has 10 heteroatoms. The van der Waals surface area contributed by atoms with E-state index in [1.165, 1.54) is 38.4 Å². The van der Waals surface area contributed by atoms with Gasteiger partial charge in [0.25, 0.3) is 0 Å². The number of ketones is 2. The van der Waals surface area contributed by atoms with Gasteiger partial charge in [0.2, 0.25) is 0 Å². The molecular formula is C26H33NO9. The Morgan fingerprint density at radius 3 is 2.47 bits per heavy atom. The summed E-state index contributed by atoms with van der Waals surface area (Å²) in [5.74, 6) is -6.55. The maximum Gasteiger partial charge on any atom is 0.340 e. The Morgan fingerprint density at radius 2 is 1.89 bits per heavy atom. The molecule has 36 heavy (non-hydrogen) atoms. The van der Waals surface area contributed by atoms with Crippen LogP contribution in [0.25, 0.3) is 0 Å². The zero-order valence-corrected chi connectivity index (χ0v) is 21.0. The van der Waals surface area contributed by atoms with Gasteiger partial charge in [0.05, 0.1) is 17.1 Å². The average Bonchev–Trinajstić information content (AvgIpc) is 2.98. The number of nitrogens with zero attached hydrogens (tertiary/aromatic N) is 1. The van der Waals surface area contributed by atoms with Gasteiger partial charge >= 0.3 is 5.97 Å². The number of hydrogen-bond acceptors (Lipinski definition) is 10. The Balaban J connectivity index is 1.79. The first kappa shape index (κ1) is 25.4. The van der Waals surface area contributed by atoms with E-state index in [9.17, 15) is 34.8 Å². The molecule has 9 atom stereocenters. The minimum atomic E-state index is -2.45. The third-order valence-electron chi connectivity index (χ3n) is 9.92. The standard InChI is InChI=1S/C26H33NO9/c1-13(2)25(34)18(35-19(30)15-7-6-10-27-11-15)17(29)21(4)12-24(33)22(25,5)20(31)26(36-24)16(28)14(3)8-9-23(21,26)32/h6-7,10-11,13-14,16,18,28,32-34H,8-9,12H2,1-5H3/t14-,16+,18-,21+,22-,23-,24-,25+,26-/m0/s1. The van der Waals surface area contributed by atoms with Crippen molar-refractivity contribution in [1.29, 1.82) is 0 Å². The van der Waals surface area contributed by atoms with Gasteiger partial charge in [0, 0.05) is 18.8 Å². The number of carbonyl (C=O) groups excluding carboxylic acids is 3. The van der Waals surface area contributed by atoms with E-state index in [-0.39, 0.29) is 18.4 Å². The van der Waals surface area contributed by atoms with E-state index in [1.807, 2.05) is 0 Å². The van der Waals surface area contributed by atoms with E-state index in [2.05, 4.69) is 4.98 Å². The largest absolute Gasteiger partial charge is 0.448 e. The molecule has 2 aliphatic carbocycles. The number of ether oxygens (including phenoxy) is 2. The fourth-order valence-electron chi connectivity index (χ4n) is 7.60. The Hall–Kier alpha value is -2.24. The molecule has 4 fully saturated rings. The van der Waals surface area contributed by atoms with Crippen LogP contribution >= 0.6 is 0 Å². The molecule has 1 spiro atoms. The van der Waals surface area contributed by atoms with Crippen LogP contribution in [0, 0.1) is 22.7 Å². The summed E-state index contributed by atoms with van der Waals surface area (Å²) in [6.45, 7) is 7.43. The molecule has 10 nitrogen and oxygen atoms in total. The Labute approximate surface area is 208 Å². The highest BCUT2D eigenvalue weighted by Gasteiger charge is 2.92. The lowest BCUT2D eigenvalue weighted by Gasteiger charge is -2.61. The van der Waals surface area contributed by atoms with Gasteiger partial charge in [-0.3, -0.25) is 14.6 Å². The van der Waals surface area contributed by atoms with E-state index >= 15 is 0 Å². The summed E-state index contributed by atoms with van der Waals surface area (Å²) < 4.78 is 11.7. The van der Waals surface area contributed by atoms with E-state index in [0.29, 0.717) is 0 Å². The summed E-state index contributed by atoms with van der Waals surface area (Å²) in [5, 5.41) is 47.9. The predicted octanol–water partition coefficient (Wildman–Crippen LogP) is 0.542. The maximum atomic E-state index is 14.5. The summed E-state index contributed by atoms with van der Waals surface area (Å²) in [6, 6.07) is 2.93. The molecule has 2 saturated heterocycles. The molecule has 196 valence electrons. The van der Waals surface area contributed by atoms with Crippen LogP contribution in [-0.2, 0) is 19.1 Å². The minimum absolute atomic E-state index is 0.0174. The molecule has 0 radical (unpaired) electrons. The van der Waals surface area contributed by atoms with Crippen LogP contribution in [0.3, 0.4) is 0 Å². The van der Waals surface area contributed by atoms with Crippen molar-refractivity contribution in [1.82, 2.24) is 4.98 Å². The SMILES string of the molecule is CC(C)[C@@]1(O)[C@@H](OC(=O)c2cccnc2)C(=O)[C@@]2(C)C[C@]3(O)O[C@]4(C(=O)[C@]13C)[C@H](O)[C@@H](C)CC[C@@]42O. The number of rotatable bonds is 3. The van der Waals surface area contributed by atoms with Gasteiger partial charge in [-0.1, -0.05) is 20.8 Å². The van der Waals surface area contributed by atoms with Crippen LogP contribution in [0.4, 0.5) is 0 Å². The minimum Gasteiger partial charge on any atom is -0.448 e. The number of esters is 1. The lowest BCUT2D eigenvalue weighted by Crippen LogP contribution is -2.80. The highest BCUT2D eigenvalue weighted by Crippen LogP contribution is 2.73. The van der Waals surface area contributed by atoms with Gasteiger partial charge in [-0.2, -0.15) is 0 Å². The number of aliphatic hydroxyl groups excluding tert-OH is 1. The molecule has 4 N–H and O–H groups in total. The van der Waals surface area contributed by atoms with Crippen molar-refractivity contribution in [2.24, 2.45) is 22.7 Å². The third kappa shape index (κ3) is 2.41. The number of pyridine rings is 1. The molecule has 2 saturated carbocycles. The summed E-state index contributed by atoms with van der Waals surface area (Å²) in [7, 11) is 0. The van der Waals surface area contributed by atoms with Crippen LogP contribution in [0.15, 0.2) is 24.5 Å². The first-order chi connectivity index (χ1) is 16.6. The highest BCUT2D eigenvalue weighted by atomic mass is 16.7. The zero-order chi connectivity index (χ0) is 26.7. The second-order valence-corrected chi connectivity index (χ2v) is 11.8. The molecule has 0 unspecified atom stereocenters. The molecule has 4 aliphatic rings. The second-order valence-electron chi connectivity index (χ2n) is 11.8. The quantitative estimate of drug-likeness (QED) is 0.428. The molecule has 1 aromatic heterocycles. The average molecular weight is 504 g/mol. The Kier molecular flexibility index (Phi) is 5.08. The Morgan fingerprint density at radius 1 is 1.22 bits per heavy atom. The van der Waals surface area contributed by atoms with Crippen molar-refractivity contribution in [3.63, 3.8) is 0 Å². The lowest BCUT2D eigenvalue weighted by molar-refractivity contribution is -0.383. The molecule has 5 rings (SSSR count). The first-order valence-electron chi connectivity index (χ1n) is 12.3. The van der Waals surface area contributed by atoms with Gasteiger partial charge in [-0.25, -0.2) is 4.79 Å². The molecular weight excluding hydrogens is 470 g/mol. The van der Waals surface area contributed by atoms with Gasteiger partial charge in [-0.05, 0) is 50.7 Å². The summed E-state index contributed by atoms with van der Waals surface area (Å²) in [4.78, 5) is 45.9. The number of Topliss-reactive ketones (excluding diaryl/α,β-unsaturated/α-hetero) is 2. The molecule has 1 aromatic rings.